The molecule has 114 valence electrons. The topological polar surface area (TPSA) is 70.9 Å². The lowest BCUT2D eigenvalue weighted by Gasteiger charge is -2.12. The summed E-state index contributed by atoms with van der Waals surface area (Å²) < 4.78 is 5.53. The number of phenols is 1. The Morgan fingerprint density at radius 1 is 1.18 bits per heavy atom. The fraction of sp³-hybridized carbons (Fsp3) is 0.176. The Bertz CT molecular complexity index is 649. The van der Waals surface area contributed by atoms with Crippen LogP contribution in [-0.2, 0) is 4.79 Å². The number of ether oxygens (including phenoxy) is 1. The molecular formula is C17H18N2O3. The first kappa shape index (κ1) is 15.6. The molecule has 0 aliphatic heterocycles. The summed E-state index contributed by atoms with van der Waals surface area (Å²) in [5.74, 6) is 0.479. The van der Waals surface area contributed by atoms with Crippen LogP contribution >= 0.6 is 0 Å². The molecule has 1 amide bonds. The fourth-order valence-corrected chi connectivity index (χ4v) is 1.70. The number of hydrogen-bond donors (Lipinski definition) is 2. The zero-order chi connectivity index (χ0) is 15.9. The lowest BCUT2D eigenvalue weighted by atomic mass is 10.2. The van der Waals surface area contributed by atoms with E-state index in [9.17, 15) is 4.79 Å². The second-order valence-corrected chi connectivity index (χ2v) is 4.90. The zero-order valence-corrected chi connectivity index (χ0v) is 12.5. The molecular weight excluding hydrogens is 280 g/mol. The molecule has 1 atom stereocenters. The maximum absolute atomic E-state index is 11.9. The summed E-state index contributed by atoms with van der Waals surface area (Å²) in [5, 5.41) is 13.0. The molecule has 1 unspecified atom stereocenters. The first-order valence-electron chi connectivity index (χ1n) is 6.90. The van der Waals surface area contributed by atoms with Crippen LogP contribution in [0.5, 0.6) is 11.5 Å². The van der Waals surface area contributed by atoms with Crippen molar-refractivity contribution in [3.8, 4) is 11.5 Å². The van der Waals surface area contributed by atoms with Gasteiger partial charge in [-0.1, -0.05) is 17.7 Å². The minimum atomic E-state index is -0.653. The van der Waals surface area contributed by atoms with Crippen molar-refractivity contribution in [2.75, 3.05) is 0 Å². The van der Waals surface area contributed by atoms with Crippen LogP contribution in [0.2, 0.25) is 0 Å². The molecule has 0 spiro atoms. The molecule has 22 heavy (non-hydrogen) atoms. The standard InChI is InChI=1S/C17H18N2O3/c1-12-3-9-16(10-4-12)22-13(2)17(21)19-18-11-14-5-7-15(20)8-6-14/h3-11,13,20H,1-2H3,(H,19,21). The molecule has 5 heteroatoms. The molecule has 0 fully saturated rings. The molecule has 0 heterocycles. The van der Waals surface area contributed by atoms with Crippen molar-refractivity contribution in [2.24, 2.45) is 5.10 Å². The van der Waals surface area contributed by atoms with Crippen LogP contribution in [0.15, 0.2) is 53.6 Å². The van der Waals surface area contributed by atoms with E-state index < -0.39 is 6.10 Å². The molecule has 0 saturated heterocycles. The molecule has 2 aromatic carbocycles. The predicted molar refractivity (Wildman–Crippen MR) is 85.1 cm³/mol. The van der Waals surface area contributed by atoms with E-state index in [0.717, 1.165) is 11.1 Å². The van der Waals surface area contributed by atoms with Gasteiger partial charge in [-0.2, -0.15) is 5.10 Å². The number of carbonyl (C=O) groups is 1. The van der Waals surface area contributed by atoms with Crippen molar-refractivity contribution in [3.63, 3.8) is 0 Å². The Labute approximate surface area is 129 Å². The van der Waals surface area contributed by atoms with Crippen molar-refractivity contribution < 1.29 is 14.6 Å². The van der Waals surface area contributed by atoms with Crippen molar-refractivity contribution >= 4 is 12.1 Å². The van der Waals surface area contributed by atoms with Gasteiger partial charge in [-0.25, -0.2) is 5.43 Å². The van der Waals surface area contributed by atoms with Crippen LogP contribution in [0.3, 0.4) is 0 Å². The number of amides is 1. The highest BCUT2D eigenvalue weighted by Crippen LogP contribution is 2.13. The van der Waals surface area contributed by atoms with Crippen molar-refractivity contribution in [2.45, 2.75) is 20.0 Å². The molecule has 2 rings (SSSR count). The highest BCUT2D eigenvalue weighted by atomic mass is 16.5. The Balaban J connectivity index is 1.85. The first-order valence-corrected chi connectivity index (χ1v) is 6.90. The highest BCUT2D eigenvalue weighted by Gasteiger charge is 2.13. The Hall–Kier alpha value is -2.82. The van der Waals surface area contributed by atoms with Gasteiger partial charge in [0.1, 0.15) is 11.5 Å². The summed E-state index contributed by atoms with van der Waals surface area (Å²) in [7, 11) is 0. The number of benzene rings is 2. The normalized spacial score (nSPS) is 12.1. The lowest BCUT2D eigenvalue weighted by molar-refractivity contribution is -0.127. The molecule has 2 N–H and O–H groups in total. The maximum Gasteiger partial charge on any atom is 0.280 e. The lowest BCUT2D eigenvalue weighted by Crippen LogP contribution is -2.33. The third kappa shape index (κ3) is 4.63. The van der Waals surface area contributed by atoms with Gasteiger partial charge in [-0.3, -0.25) is 4.79 Å². The quantitative estimate of drug-likeness (QED) is 0.658. The number of phenolic OH excluding ortho intramolecular Hbond substituents is 1. The highest BCUT2D eigenvalue weighted by molar-refractivity contribution is 5.84. The van der Waals surface area contributed by atoms with Gasteiger partial charge in [0, 0.05) is 0 Å². The molecule has 0 aliphatic rings. The minimum absolute atomic E-state index is 0.182. The number of hydrazone groups is 1. The van der Waals surface area contributed by atoms with Crippen LogP contribution < -0.4 is 10.2 Å². The Morgan fingerprint density at radius 2 is 1.82 bits per heavy atom. The van der Waals surface area contributed by atoms with Crippen LogP contribution in [0.25, 0.3) is 0 Å². The van der Waals surface area contributed by atoms with Crippen molar-refractivity contribution in [1.82, 2.24) is 5.43 Å². The number of nitrogens with one attached hydrogen (secondary N) is 1. The predicted octanol–water partition coefficient (Wildman–Crippen LogP) is 2.62. The van der Waals surface area contributed by atoms with Gasteiger partial charge >= 0.3 is 0 Å². The largest absolute Gasteiger partial charge is 0.508 e. The number of carbonyl (C=O) groups excluding carboxylic acids is 1. The third-order valence-electron chi connectivity index (χ3n) is 2.98. The number of rotatable bonds is 5. The van der Waals surface area contributed by atoms with Gasteiger partial charge in [-0.05, 0) is 55.8 Å². The SMILES string of the molecule is Cc1ccc(OC(C)C(=O)NN=Cc2ccc(O)cc2)cc1. The second-order valence-electron chi connectivity index (χ2n) is 4.90. The molecule has 0 aromatic heterocycles. The minimum Gasteiger partial charge on any atom is -0.508 e. The maximum atomic E-state index is 11.9. The monoisotopic (exact) mass is 298 g/mol. The van der Waals surface area contributed by atoms with Gasteiger partial charge in [0.2, 0.25) is 0 Å². The molecule has 5 nitrogen and oxygen atoms in total. The number of aromatic hydroxyl groups is 1. The molecule has 0 radical (unpaired) electrons. The van der Waals surface area contributed by atoms with Crippen molar-refractivity contribution in [1.29, 1.82) is 0 Å². The van der Waals surface area contributed by atoms with Crippen LogP contribution in [0.4, 0.5) is 0 Å². The zero-order valence-electron chi connectivity index (χ0n) is 12.5. The Kier molecular flexibility index (Phi) is 5.14. The fourth-order valence-electron chi connectivity index (χ4n) is 1.70. The van der Waals surface area contributed by atoms with E-state index in [0.29, 0.717) is 5.75 Å². The average molecular weight is 298 g/mol. The van der Waals surface area contributed by atoms with Crippen molar-refractivity contribution in [3.05, 3.63) is 59.7 Å². The van der Waals surface area contributed by atoms with Crippen LogP contribution in [-0.4, -0.2) is 23.3 Å². The number of nitrogens with zero attached hydrogens (tertiary/aromatic N) is 1. The van der Waals surface area contributed by atoms with E-state index in [4.69, 9.17) is 9.84 Å². The van der Waals surface area contributed by atoms with E-state index in [1.165, 1.54) is 6.21 Å². The van der Waals surface area contributed by atoms with E-state index >= 15 is 0 Å². The molecule has 0 aliphatic carbocycles. The van der Waals surface area contributed by atoms with Gasteiger partial charge in [0.05, 0.1) is 6.21 Å². The van der Waals surface area contributed by atoms with Crippen LogP contribution in [0.1, 0.15) is 18.1 Å². The third-order valence-corrected chi connectivity index (χ3v) is 2.98. The van der Waals surface area contributed by atoms with E-state index in [-0.39, 0.29) is 11.7 Å². The first-order chi connectivity index (χ1) is 10.5. The molecule has 0 saturated carbocycles. The molecule has 2 aromatic rings. The number of aryl methyl sites for hydroxylation is 1. The van der Waals surface area contributed by atoms with Gasteiger partial charge in [0.25, 0.3) is 5.91 Å². The second kappa shape index (κ2) is 7.26. The number of hydrogen-bond acceptors (Lipinski definition) is 4. The summed E-state index contributed by atoms with van der Waals surface area (Å²) in [6, 6.07) is 14.0. The van der Waals surface area contributed by atoms with E-state index in [2.05, 4.69) is 10.5 Å². The summed E-state index contributed by atoms with van der Waals surface area (Å²) in [6.45, 7) is 3.64. The summed E-state index contributed by atoms with van der Waals surface area (Å²) in [4.78, 5) is 11.9. The van der Waals surface area contributed by atoms with Crippen LogP contribution in [0, 0.1) is 6.92 Å². The van der Waals surface area contributed by atoms with Gasteiger partial charge < -0.3 is 9.84 Å². The summed E-state index contributed by atoms with van der Waals surface area (Å²) in [5.41, 5.74) is 4.32. The van der Waals surface area contributed by atoms with Gasteiger partial charge in [-0.15, -0.1) is 0 Å². The Morgan fingerprint density at radius 3 is 2.45 bits per heavy atom. The average Bonchev–Trinajstić information content (AvgIpc) is 2.51. The molecule has 0 bridgehead atoms. The smallest absolute Gasteiger partial charge is 0.280 e. The van der Waals surface area contributed by atoms with E-state index in [1.807, 2.05) is 31.2 Å². The van der Waals surface area contributed by atoms with Gasteiger partial charge in [0.15, 0.2) is 6.10 Å². The van der Waals surface area contributed by atoms with E-state index in [1.54, 1.807) is 31.2 Å². The summed E-state index contributed by atoms with van der Waals surface area (Å²) in [6.07, 6.45) is 0.843. The summed E-state index contributed by atoms with van der Waals surface area (Å²) >= 11 is 0.